The highest BCUT2D eigenvalue weighted by molar-refractivity contribution is 6.06. The smallest absolute Gasteiger partial charge is 0.255 e. The lowest BCUT2D eigenvalue weighted by atomic mass is 9.71. The van der Waals surface area contributed by atoms with Crippen molar-refractivity contribution in [2.45, 2.75) is 31.6 Å². The number of fused-ring (bicyclic) bond motifs is 1. The summed E-state index contributed by atoms with van der Waals surface area (Å²) in [6.07, 6.45) is 5.46. The van der Waals surface area contributed by atoms with Crippen LogP contribution in [-0.4, -0.2) is 81.7 Å². The van der Waals surface area contributed by atoms with E-state index in [-0.39, 0.29) is 17.7 Å². The number of H-pyrrole nitrogens is 1. The molecule has 0 radical (unpaired) electrons. The summed E-state index contributed by atoms with van der Waals surface area (Å²) in [5.41, 5.74) is 4.10. The SMILES string of the molecule is CC(=O)NCCN(c1c(C(=O)N2CCC(C(=O)N3CCC3)(c3ccccc3)CC2)cccc1-c1ccccc1)c1ncnc2[nH]ccc12. The number of nitrogens with one attached hydrogen (secondary N) is 2. The standard InChI is InChI=1S/C38H39N7O3/c1-27(46)39-20-25-45(35-32-16-19-40-34(32)41-26-42-35)33-30(28-10-4-2-5-11-28)14-8-15-31(33)36(47)43-23-17-38(18-24-43,29-12-6-3-7-13-29)37(48)44-21-9-22-44/h2-8,10-16,19,26H,9,17-18,20-25H2,1H3,(H,39,46)(H,40,41,42). The van der Waals surface area contributed by atoms with Crippen LogP contribution in [0.25, 0.3) is 22.2 Å². The van der Waals surface area contributed by atoms with Gasteiger partial charge in [0.25, 0.3) is 5.91 Å². The number of hydrogen-bond acceptors (Lipinski definition) is 6. The highest BCUT2D eigenvalue weighted by Crippen LogP contribution is 2.42. The Morgan fingerprint density at radius 2 is 1.58 bits per heavy atom. The maximum absolute atomic E-state index is 14.7. The van der Waals surface area contributed by atoms with E-state index in [2.05, 4.69) is 15.3 Å². The van der Waals surface area contributed by atoms with E-state index < -0.39 is 5.41 Å². The van der Waals surface area contributed by atoms with E-state index >= 15 is 0 Å². The van der Waals surface area contributed by atoms with Crippen molar-refractivity contribution in [1.29, 1.82) is 0 Å². The summed E-state index contributed by atoms with van der Waals surface area (Å²) >= 11 is 0. The molecule has 2 fully saturated rings. The van der Waals surface area contributed by atoms with Crippen molar-refractivity contribution in [1.82, 2.24) is 30.1 Å². The molecule has 5 aromatic rings. The van der Waals surface area contributed by atoms with Crippen molar-refractivity contribution >= 4 is 40.3 Å². The van der Waals surface area contributed by atoms with Crippen molar-refractivity contribution in [3.8, 4) is 11.1 Å². The average Bonchev–Trinajstić information content (AvgIpc) is 3.59. The third-order valence-corrected chi connectivity index (χ3v) is 9.70. The molecule has 2 aliphatic heterocycles. The number of aromatic nitrogens is 3. The summed E-state index contributed by atoms with van der Waals surface area (Å²) in [6.45, 7) is 4.67. The molecule has 0 aliphatic carbocycles. The maximum atomic E-state index is 14.7. The first-order valence-corrected chi connectivity index (χ1v) is 16.6. The van der Waals surface area contributed by atoms with Gasteiger partial charge < -0.3 is 25.0 Å². The number of carbonyl (C=O) groups is 3. The van der Waals surface area contributed by atoms with Crippen LogP contribution in [0.5, 0.6) is 0 Å². The number of likely N-dealkylation sites (tertiary alicyclic amines) is 2. The van der Waals surface area contributed by atoms with Crippen LogP contribution in [-0.2, 0) is 15.0 Å². The lowest BCUT2D eigenvalue weighted by molar-refractivity contribution is -0.143. The number of benzene rings is 3. The third kappa shape index (κ3) is 5.78. The molecule has 2 aliphatic rings. The van der Waals surface area contributed by atoms with E-state index in [1.165, 1.54) is 13.3 Å². The van der Waals surface area contributed by atoms with Gasteiger partial charge in [0, 0.05) is 58.0 Å². The Bertz CT molecular complexity index is 1930. The highest BCUT2D eigenvalue weighted by atomic mass is 16.2. The van der Waals surface area contributed by atoms with E-state index in [0.29, 0.717) is 61.7 Å². The first-order valence-electron chi connectivity index (χ1n) is 16.6. The molecule has 3 amide bonds. The van der Waals surface area contributed by atoms with Crippen LogP contribution < -0.4 is 10.2 Å². The third-order valence-electron chi connectivity index (χ3n) is 9.70. The molecule has 0 bridgehead atoms. The van der Waals surface area contributed by atoms with Crippen LogP contribution >= 0.6 is 0 Å². The minimum absolute atomic E-state index is 0.107. The van der Waals surface area contributed by atoms with Crippen LogP contribution in [0.2, 0.25) is 0 Å². The van der Waals surface area contributed by atoms with E-state index in [4.69, 9.17) is 4.98 Å². The molecule has 2 aromatic heterocycles. The number of para-hydroxylation sites is 1. The largest absolute Gasteiger partial charge is 0.355 e. The number of aromatic amines is 1. The number of anilines is 2. The molecule has 2 N–H and O–H groups in total. The zero-order valence-corrected chi connectivity index (χ0v) is 27.1. The number of rotatable bonds is 9. The maximum Gasteiger partial charge on any atom is 0.255 e. The van der Waals surface area contributed by atoms with Crippen LogP contribution in [0.4, 0.5) is 11.5 Å². The Hall–Kier alpha value is -5.51. The van der Waals surface area contributed by atoms with Crippen molar-refractivity contribution in [3.05, 3.63) is 109 Å². The Kier molecular flexibility index (Phi) is 8.63. The van der Waals surface area contributed by atoms with Crippen molar-refractivity contribution < 1.29 is 14.4 Å². The number of piperidine rings is 1. The molecule has 0 spiro atoms. The minimum Gasteiger partial charge on any atom is -0.355 e. The van der Waals surface area contributed by atoms with E-state index in [0.717, 1.165) is 41.6 Å². The van der Waals surface area contributed by atoms with Gasteiger partial charge in [0.05, 0.1) is 22.1 Å². The fourth-order valence-electron chi connectivity index (χ4n) is 7.07. The van der Waals surface area contributed by atoms with Gasteiger partial charge in [0.15, 0.2) is 0 Å². The monoisotopic (exact) mass is 641 g/mol. The zero-order valence-electron chi connectivity index (χ0n) is 27.1. The van der Waals surface area contributed by atoms with Gasteiger partial charge in [-0.15, -0.1) is 0 Å². The van der Waals surface area contributed by atoms with Crippen LogP contribution in [0, 0.1) is 0 Å². The quantitative estimate of drug-likeness (QED) is 0.226. The van der Waals surface area contributed by atoms with Gasteiger partial charge in [-0.3, -0.25) is 14.4 Å². The second-order valence-electron chi connectivity index (χ2n) is 12.5. The Morgan fingerprint density at radius 3 is 2.27 bits per heavy atom. The Labute approximate surface area is 279 Å². The number of carbonyl (C=O) groups excluding carboxylic acids is 3. The molecule has 3 aromatic carbocycles. The average molecular weight is 642 g/mol. The van der Waals surface area contributed by atoms with Crippen LogP contribution in [0.1, 0.15) is 42.1 Å². The molecule has 10 heteroatoms. The summed E-state index contributed by atoms with van der Waals surface area (Å²) in [7, 11) is 0. The first kappa shape index (κ1) is 31.1. The highest BCUT2D eigenvalue weighted by Gasteiger charge is 2.47. The fourth-order valence-corrected chi connectivity index (χ4v) is 7.07. The van der Waals surface area contributed by atoms with Gasteiger partial charge in [-0.2, -0.15) is 0 Å². The second kappa shape index (κ2) is 13.3. The molecular formula is C38H39N7O3. The molecule has 48 heavy (non-hydrogen) atoms. The van der Waals surface area contributed by atoms with Gasteiger partial charge in [-0.05, 0) is 42.5 Å². The topological polar surface area (TPSA) is 115 Å². The Morgan fingerprint density at radius 1 is 0.854 bits per heavy atom. The molecule has 7 rings (SSSR count). The molecule has 0 unspecified atom stereocenters. The number of amides is 3. The van der Waals surface area contributed by atoms with Crippen molar-refractivity contribution in [2.24, 2.45) is 0 Å². The fraction of sp³-hybridized carbons (Fsp3) is 0.289. The molecule has 2 saturated heterocycles. The van der Waals surface area contributed by atoms with E-state index in [9.17, 15) is 14.4 Å². The zero-order chi connectivity index (χ0) is 33.1. The van der Waals surface area contributed by atoms with Gasteiger partial charge in [0.1, 0.15) is 17.8 Å². The minimum atomic E-state index is -0.654. The number of hydrogen-bond donors (Lipinski definition) is 2. The molecule has 0 atom stereocenters. The normalized spacial score (nSPS) is 15.5. The van der Waals surface area contributed by atoms with Gasteiger partial charge in [-0.1, -0.05) is 72.8 Å². The summed E-state index contributed by atoms with van der Waals surface area (Å²) in [4.78, 5) is 58.8. The Balaban J connectivity index is 1.29. The van der Waals surface area contributed by atoms with Gasteiger partial charge in [0.2, 0.25) is 11.8 Å². The molecular weight excluding hydrogens is 602 g/mol. The van der Waals surface area contributed by atoms with Crippen molar-refractivity contribution in [2.75, 3.05) is 44.2 Å². The van der Waals surface area contributed by atoms with Crippen molar-refractivity contribution in [3.63, 3.8) is 0 Å². The lowest BCUT2D eigenvalue weighted by Gasteiger charge is -2.46. The summed E-state index contributed by atoms with van der Waals surface area (Å²) < 4.78 is 0. The molecule has 4 heterocycles. The van der Waals surface area contributed by atoms with Crippen LogP contribution in [0.15, 0.2) is 97.5 Å². The predicted octanol–water partition coefficient (Wildman–Crippen LogP) is 5.31. The molecule has 10 nitrogen and oxygen atoms in total. The van der Waals surface area contributed by atoms with Gasteiger partial charge in [-0.25, -0.2) is 9.97 Å². The molecule has 0 saturated carbocycles. The first-order chi connectivity index (χ1) is 23.5. The lowest BCUT2D eigenvalue weighted by Crippen LogP contribution is -2.56. The summed E-state index contributed by atoms with van der Waals surface area (Å²) in [5.74, 6) is 0.554. The molecule has 244 valence electrons. The van der Waals surface area contributed by atoms with Gasteiger partial charge >= 0.3 is 0 Å². The second-order valence-corrected chi connectivity index (χ2v) is 12.5. The van der Waals surface area contributed by atoms with E-state index in [1.807, 2.05) is 106 Å². The van der Waals surface area contributed by atoms with Crippen LogP contribution in [0.3, 0.4) is 0 Å². The summed E-state index contributed by atoms with van der Waals surface area (Å²) in [5, 5.41) is 3.72. The van der Waals surface area contributed by atoms with E-state index in [1.54, 1.807) is 0 Å². The number of nitrogens with zero attached hydrogens (tertiary/aromatic N) is 5. The predicted molar refractivity (Wildman–Crippen MR) is 186 cm³/mol. The summed E-state index contributed by atoms with van der Waals surface area (Å²) in [6, 6.07) is 27.8.